The van der Waals surface area contributed by atoms with Crippen molar-refractivity contribution in [2.24, 2.45) is 0 Å². The number of halogens is 1. The monoisotopic (exact) mass is 566 g/mol. The molecule has 1 amide bonds. The number of pyridine rings is 1. The van der Waals surface area contributed by atoms with Gasteiger partial charge in [0.25, 0.3) is 11.5 Å². The fourth-order valence-corrected chi connectivity index (χ4v) is 5.69. The van der Waals surface area contributed by atoms with Crippen LogP contribution in [-0.4, -0.2) is 29.7 Å². The van der Waals surface area contributed by atoms with Crippen LogP contribution in [0.25, 0.3) is 33.2 Å². The molecule has 0 radical (unpaired) electrons. The zero-order valence-electron chi connectivity index (χ0n) is 20.7. The third-order valence-electron chi connectivity index (χ3n) is 6.50. The van der Waals surface area contributed by atoms with Gasteiger partial charge in [0, 0.05) is 29.0 Å². The molecule has 0 aliphatic rings. The topological polar surface area (TPSA) is 107 Å². The van der Waals surface area contributed by atoms with Crippen LogP contribution in [0.4, 0.5) is 0 Å². The van der Waals surface area contributed by atoms with Gasteiger partial charge in [0.15, 0.2) is 5.16 Å². The Morgan fingerprint density at radius 1 is 0.975 bits per heavy atom. The summed E-state index contributed by atoms with van der Waals surface area (Å²) in [5.74, 6) is 0.836. The molecule has 0 bridgehead atoms. The van der Waals surface area contributed by atoms with Gasteiger partial charge in [-0.15, -0.1) is 0 Å². The second-order valence-corrected chi connectivity index (χ2v) is 10.5. The molecule has 11 heteroatoms. The molecule has 5 aromatic heterocycles. The lowest BCUT2D eigenvalue weighted by Crippen LogP contribution is -2.22. The number of rotatable bonds is 6. The van der Waals surface area contributed by atoms with E-state index >= 15 is 0 Å². The second kappa shape index (κ2) is 9.82. The first-order chi connectivity index (χ1) is 19.5. The Balaban J connectivity index is 1.29. The summed E-state index contributed by atoms with van der Waals surface area (Å²) >= 11 is 7.49. The van der Waals surface area contributed by atoms with Crippen molar-refractivity contribution < 1.29 is 9.21 Å². The van der Waals surface area contributed by atoms with Crippen molar-refractivity contribution in [3.8, 4) is 0 Å². The van der Waals surface area contributed by atoms with Crippen LogP contribution < -0.4 is 10.9 Å². The second-order valence-electron chi connectivity index (χ2n) is 9.10. The smallest absolute Gasteiger partial charge is 0.258 e. The summed E-state index contributed by atoms with van der Waals surface area (Å²) < 4.78 is 8.74. The van der Waals surface area contributed by atoms with Crippen LogP contribution >= 0.6 is 23.4 Å². The summed E-state index contributed by atoms with van der Waals surface area (Å²) in [6.07, 6.45) is 3.12. The van der Waals surface area contributed by atoms with E-state index in [1.165, 1.54) is 22.2 Å². The summed E-state index contributed by atoms with van der Waals surface area (Å²) in [6, 6.07) is 21.8. The van der Waals surface area contributed by atoms with Gasteiger partial charge in [-0.2, -0.15) is 0 Å². The number of fused-ring (bicyclic) bond motifs is 6. The molecule has 196 valence electrons. The summed E-state index contributed by atoms with van der Waals surface area (Å²) in [7, 11) is 0. The van der Waals surface area contributed by atoms with Crippen molar-refractivity contribution in [3.05, 3.63) is 118 Å². The molecule has 0 aliphatic heterocycles. The zero-order valence-corrected chi connectivity index (χ0v) is 22.3. The van der Waals surface area contributed by atoms with E-state index in [4.69, 9.17) is 26.0 Å². The number of imidazole rings is 1. The Hall–Kier alpha value is -4.67. The van der Waals surface area contributed by atoms with Gasteiger partial charge in [-0.3, -0.25) is 18.4 Å². The Morgan fingerprint density at radius 2 is 1.88 bits per heavy atom. The van der Waals surface area contributed by atoms with Gasteiger partial charge < -0.3 is 9.73 Å². The van der Waals surface area contributed by atoms with Gasteiger partial charge in [-0.1, -0.05) is 35.5 Å². The average Bonchev–Trinajstić information content (AvgIpc) is 3.63. The van der Waals surface area contributed by atoms with Crippen molar-refractivity contribution in [3.63, 3.8) is 0 Å². The minimum Gasteiger partial charge on any atom is -0.467 e. The number of nitrogens with one attached hydrogen (secondary N) is 1. The number of carbonyl (C=O) groups is 1. The highest BCUT2D eigenvalue weighted by molar-refractivity contribution is 7.98. The number of aromatic nitrogens is 5. The maximum atomic E-state index is 12.9. The van der Waals surface area contributed by atoms with Gasteiger partial charge in [-0.25, -0.2) is 15.0 Å². The Kier molecular flexibility index (Phi) is 5.98. The number of furan rings is 1. The number of hydrogen-bond acceptors (Lipinski definition) is 7. The fourth-order valence-electron chi connectivity index (χ4n) is 4.63. The highest BCUT2D eigenvalue weighted by Gasteiger charge is 2.17. The van der Waals surface area contributed by atoms with Crippen molar-refractivity contribution in [1.29, 1.82) is 0 Å². The SMILES string of the molecule is O=C(NCc1ccco1)c1ccc2c(c1)nc(SCc1cc(=O)n3cc(Cl)ccc3n1)n1c3ccccc3nc21. The van der Waals surface area contributed by atoms with Gasteiger partial charge in [0.2, 0.25) is 0 Å². The average molecular weight is 567 g/mol. The van der Waals surface area contributed by atoms with E-state index in [1.807, 2.05) is 34.7 Å². The molecule has 0 unspecified atom stereocenters. The van der Waals surface area contributed by atoms with Crippen molar-refractivity contribution in [2.75, 3.05) is 0 Å². The van der Waals surface area contributed by atoms with Crippen molar-refractivity contribution >= 4 is 62.5 Å². The van der Waals surface area contributed by atoms with E-state index < -0.39 is 0 Å². The van der Waals surface area contributed by atoms with Crippen LogP contribution in [0, 0.1) is 0 Å². The molecule has 0 saturated heterocycles. The van der Waals surface area contributed by atoms with Crippen LogP contribution in [0.2, 0.25) is 5.02 Å². The molecule has 0 fully saturated rings. The van der Waals surface area contributed by atoms with Crippen LogP contribution in [0.5, 0.6) is 0 Å². The van der Waals surface area contributed by atoms with Gasteiger partial charge in [-0.05, 0) is 54.6 Å². The summed E-state index contributed by atoms with van der Waals surface area (Å²) in [4.78, 5) is 40.0. The first-order valence-corrected chi connectivity index (χ1v) is 13.7. The van der Waals surface area contributed by atoms with E-state index in [0.717, 1.165) is 22.1 Å². The number of thioether (sulfide) groups is 1. The molecule has 5 heterocycles. The summed E-state index contributed by atoms with van der Waals surface area (Å²) in [5.41, 5.74) is 4.51. The third-order valence-corrected chi connectivity index (χ3v) is 7.69. The molecule has 2 aromatic carbocycles. The van der Waals surface area contributed by atoms with Crippen LogP contribution in [0.15, 0.2) is 99.6 Å². The van der Waals surface area contributed by atoms with E-state index in [1.54, 1.807) is 48.9 Å². The van der Waals surface area contributed by atoms with E-state index in [0.29, 0.717) is 44.1 Å². The van der Waals surface area contributed by atoms with E-state index in [2.05, 4.69) is 10.3 Å². The standard InChI is InChI=1S/C29H19ClN6O3S/c30-18-8-10-25-32-19(13-26(37)35(25)15-18)16-40-29-34-23-12-17(28(38)31-14-20-4-3-11-39-20)7-9-21(23)27-33-22-5-1-2-6-24(22)36(27)29/h1-13,15H,14,16H2,(H,31,38). The molecule has 0 saturated carbocycles. The lowest BCUT2D eigenvalue weighted by Gasteiger charge is -2.10. The molecule has 9 nitrogen and oxygen atoms in total. The number of para-hydroxylation sites is 2. The molecule has 0 spiro atoms. The van der Waals surface area contributed by atoms with Crippen LogP contribution in [0.1, 0.15) is 21.8 Å². The van der Waals surface area contributed by atoms with E-state index in [9.17, 15) is 9.59 Å². The van der Waals surface area contributed by atoms with Gasteiger partial charge >= 0.3 is 0 Å². The maximum Gasteiger partial charge on any atom is 0.258 e. The quantitative estimate of drug-likeness (QED) is 0.209. The minimum absolute atomic E-state index is 0.210. The Bertz CT molecular complexity index is 2140. The number of carbonyl (C=O) groups excluding carboxylic acids is 1. The fraction of sp³-hybridized carbons (Fsp3) is 0.0690. The van der Waals surface area contributed by atoms with Crippen molar-refractivity contribution in [2.45, 2.75) is 17.5 Å². The predicted molar refractivity (Wildman–Crippen MR) is 154 cm³/mol. The van der Waals surface area contributed by atoms with Crippen LogP contribution in [-0.2, 0) is 12.3 Å². The zero-order chi connectivity index (χ0) is 27.2. The Labute approximate surface area is 235 Å². The lowest BCUT2D eigenvalue weighted by atomic mass is 10.1. The third kappa shape index (κ3) is 4.37. The van der Waals surface area contributed by atoms with Gasteiger partial charge in [0.05, 0.1) is 40.1 Å². The molecular formula is C29H19ClN6O3S. The normalized spacial score (nSPS) is 11.6. The molecule has 0 atom stereocenters. The number of benzene rings is 2. The number of nitrogens with zero attached hydrogens (tertiary/aromatic N) is 5. The molecule has 7 aromatic rings. The minimum atomic E-state index is -0.233. The molecule has 1 N–H and O–H groups in total. The summed E-state index contributed by atoms with van der Waals surface area (Å²) in [6.45, 7) is 0.286. The molecule has 7 rings (SSSR count). The molecular weight excluding hydrogens is 548 g/mol. The predicted octanol–water partition coefficient (Wildman–Crippen LogP) is 5.51. The van der Waals surface area contributed by atoms with Crippen LogP contribution in [0.3, 0.4) is 0 Å². The number of hydrogen-bond donors (Lipinski definition) is 1. The molecule has 0 aliphatic carbocycles. The molecule has 40 heavy (non-hydrogen) atoms. The first kappa shape index (κ1) is 24.4. The highest BCUT2D eigenvalue weighted by atomic mass is 35.5. The first-order valence-electron chi connectivity index (χ1n) is 12.4. The van der Waals surface area contributed by atoms with Crippen molar-refractivity contribution in [1.82, 2.24) is 29.1 Å². The maximum absolute atomic E-state index is 12.9. The Morgan fingerprint density at radius 3 is 2.75 bits per heavy atom. The lowest BCUT2D eigenvalue weighted by molar-refractivity contribution is 0.0948. The highest BCUT2D eigenvalue weighted by Crippen LogP contribution is 2.30. The van der Waals surface area contributed by atoms with E-state index in [-0.39, 0.29) is 18.0 Å². The largest absolute Gasteiger partial charge is 0.467 e. The summed E-state index contributed by atoms with van der Waals surface area (Å²) in [5, 5.41) is 4.83. The number of amides is 1. The van der Waals surface area contributed by atoms with Gasteiger partial charge in [0.1, 0.15) is 17.1 Å².